The molecule has 2 saturated carbocycles. The van der Waals surface area contributed by atoms with Crippen molar-refractivity contribution in [2.24, 2.45) is 23.7 Å². The van der Waals surface area contributed by atoms with E-state index < -0.39 is 11.9 Å². The summed E-state index contributed by atoms with van der Waals surface area (Å²) >= 11 is 3.44. The summed E-state index contributed by atoms with van der Waals surface area (Å²) in [5.74, 6) is -1.87. The van der Waals surface area contributed by atoms with Crippen molar-refractivity contribution in [3.8, 4) is 0 Å². The van der Waals surface area contributed by atoms with Crippen LogP contribution in [0, 0.1) is 23.7 Å². The number of carbonyl (C=O) groups excluding carboxylic acids is 1. The number of esters is 1. The molecule has 3 aliphatic rings. The molecule has 1 saturated heterocycles. The van der Waals surface area contributed by atoms with E-state index in [1.807, 2.05) is 0 Å². The molecule has 0 radical (unpaired) electrons. The minimum absolute atomic E-state index is 0.0382. The third-order valence-corrected chi connectivity index (χ3v) is 5.01. The summed E-state index contributed by atoms with van der Waals surface area (Å²) < 4.78 is 5.18. The number of rotatable bonds is 1. The third-order valence-electron chi connectivity index (χ3n) is 3.81. The zero-order valence-electron chi connectivity index (χ0n) is 7.22. The van der Waals surface area contributed by atoms with Crippen LogP contribution in [-0.2, 0) is 14.3 Å². The number of ether oxygens (including phenoxy) is 1. The highest BCUT2D eigenvalue weighted by molar-refractivity contribution is 9.09. The molecule has 1 heterocycles. The SMILES string of the molecule is O=C(O)[C@@H]1[C@@H]2C[C@H]3[C@@H](OC(=O)[C@@H]31)[C@H]2Br. The van der Waals surface area contributed by atoms with Gasteiger partial charge in [0.1, 0.15) is 6.10 Å². The molecule has 0 aromatic heterocycles. The van der Waals surface area contributed by atoms with E-state index in [4.69, 9.17) is 9.84 Å². The Hall–Kier alpha value is -0.580. The summed E-state index contributed by atoms with van der Waals surface area (Å²) in [7, 11) is 0. The zero-order valence-corrected chi connectivity index (χ0v) is 8.81. The van der Waals surface area contributed by atoms with Crippen molar-refractivity contribution < 1.29 is 19.4 Å². The van der Waals surface area contributed by atoms with Crippen LogP contribution in [0.1, 0.15) is 6.42 Å². The number of carboxylic acids is 1. The lowest BCUT2D eigenvalue weighted by atomic mass is 9.80. The van der Waals surface area contributed by atoms with Crippen LogP contribution in [0.3, 0.4) is 0 Å². The second-order valence-electron chi connectivity index (χ2n) is 4.30. The molecule has 76 valence electrons. The molecule has 2 bridgehead atoms. The molecule has 1 N–H and O–H groups in total. The Labute approximate surface area is 88.7 Å². The molecule has 1 aliphatic heterocycles. The number of hydrogen-bond donors (Lipinski definition) is 1. The van der Waals surface area contributed by atoms with E-state index in [-0.39, 0.29) is 34.7 Å². The van der Waals surface area contributed by atoms with Crippen molar-refractivity contribution in [1.82, 2.24) is 0 Å². The highest BCUT2D eigenvalue weighted by Crippen LogP contribution is 2.59. The van der Waals surface area contributed by atoms with E-state index >= 15 is 0 Å². The van der Waals surface area contributed by atoms with E-state index in [0.717, 1.165) is 6.42 Å². The van der Waals surface area contributed by atoms with Crippen LogP contribution >= 0.6 is 15.9 Å². The Bertz CT molecular complexity index is 329. The molecule has 0 spiro atoms. The molecule has 5 heteroatoms. The predicted octanol–water partition coefficient (Wildman–Crippen LogP) is 0.642. The number of halogens is 1. The molecule has 3 rings (SSSR count). The summed E-state index contributed by atoms with van der Waals surface area (Å²) in [5, 5.41) is 9.06. The van der Waals surface area contributed by atoms with E-state index in [0.29, 0.717) is 0 Å². The van der Waals surface area contributed by atoms with Crippen LogP contribution < -0.4 is 0 Å². The average Bonchev–Trinajstić information content (AvgIpc) is 2.67. The minimum atomic E-state index is -0.857. The fourth-order valence-electron chi connectivity index (χ4n) is 3.31. The minimum Gasteiger partial charge on any atom is -0.481 e. The molecule has 0 aromatic rings. The second-order valence-corrected chi connectivity index (χ2v) is 5.36. The summed E-state index contributed by atoms with van der Waals surface area (Å²) in [5.41, 5.74) is 0. The Morgan fingerprint density at radius 1 is 1.50 bits per heavy atom. The van der Waals surface area contributed by atoms with Gasteiger partial charge in [-0.1, -0.05) is 15.9 Å². The van der Waals surface area contributed by atoms with Crippen LogP contribution in [0.4, 0.5) is 0 Å². The lowest BCUT2D eigenvalue weighted by Gasteiger charge is -2.25. The first-order valence-electron chi connectivity index (χ1n) is 4.68. The molecular weight excluding hydrogens is 252 g/mol. The number of aliphatic carboxylic acids is 1. The molecular formula is C9H9BrO4. The first kappa shape index (κ1) is 8.71. The fourth-order valence-corrected chi connectivity index (χ4v) is 4.35. The predicted molar refractivity (Wildman–Crippen MR) is 48.8 cm³/mol. The molecule has 0 unspecified atom stereocenters. The summed E-state index contributed by atoms with van der Waals surface area (Å²) in [6.45, 7) is 0. The highest BCUT2D eigenvalue weighted by Gasteiger charge is 2.67. The Kier molecular flexibility index (Phi) is 1.56. The standard InChI is InChI=1S/C9H9BrO4/c10-6-2-1-3-5(4(2)8(11)12)9(13)14-7(3)6/h2-7H,1H2,(H,11,12)/t2-,3+,4+,5-,6-,7+/m0/s1. The second kappa shape index (κ2) is 2.51. The van der Waals surface area contributed by atoms with Gasteiger partial charge in [-0.25, -0.2) is 0 Å². The van der Waals surface area contributed by atoms with Crippen molar-refractivity contribution >= 4 is 27.9 Å². The van der Waals surface area contributed by atoms with Gasteiger partial charge in [-0.2, -0.15) is 0 Å². The first-order chi connectivity index (χ1) is 6.61. The number of hydrogen-bond acceptors (Lipinski definition) is 3. The van der Waals surface area contributed by atoms with Crippen LogP contribution in [0.5, 0.6) is 0 Å². The van der Waals surface area contributed by atoms with Crippen molar-refractivity contribution in [2.45, 2.75) is 17.4 Å². The van der Waals surface area contributed by atoms with Gasteiger partial charge in [-0.15, -0.1) is 0 Å². The summed E-state index contributed by atoms with van der Waals surface area (Å²) in [6.07, 6.45) is 0.738. The van der Waals surface area contributed by atoms with Gasteiger partial charge in [-0.05, 0) is 12.3 Å². The molecule has 2 aliphatic carbocycles. The van der Waals surface area contributed by atoms with Crippen LogP contribution in [-0.4, -0.2) is 28.0 Å². The van der Waals surface area contributed by atoms with Crippen molar-refractivity contribution in [1.29, 1.82) is 0 Å². The molecule has 0 amide bonds. The number of carbonyl (C=O) groups is 2. The maximum Gasteiger partial charge on any atom is 0.310 e. The fraction of sp³-hybridized carbons (Fsp3) is 0.778. The van der Waals surface area contributed by atoms with Gasteiger partial charge >= 0.3 is 11.9 Å². The number of carboxylic acid groups (broad SMARTS) is 1. The Morgan fingerprint density at radius 2 is 2.21 bits per heavy atom. The quantitative estimate of drug-likeness (QED) is 0.555. The van der Waals surface area contributed by atoms with Gasteiger partial charge < -0.3 is 9.84 Å². The van der Waals surface area contributed by atoms with Gasteiger partial charge in [0, 0.05) is 5.92 Å². The molecule has 3 fully saturated rings. The van der Waals surface area contributed by atoms with E-state index in [1.165, 1.54) is 0 Å². The van der Waals surface area contributed by atoms with Gasteiger partial charge in [0.25, 0.3) is 0 Å². The molecule has 6 atom stereocenters. The van der Waals surface area contributed by atoms with Crippen LogP contribution in [0.15, 0.2) is 0 Å². The molecule has 14 heavy (non-hydrogen) atoms. The Balaban J connectivity index is 2.04. The highest BCUT2D eigenvalue weighted by atomic mass is 79.9. The van der Waals surface area contributed by atoms with E-state index in [9.17, 15) is 9.59 Å². The van der Waals surface area contributed by atoms with E-state index in [1.54, 1.807) is 0 Å². The monoisotopic (exact) mass is 260 g/mol. The molecule has 4 nitrogen and oxygen atoms in total. The van der Waals surface area contributed by atoms with Crippen molar-refractivity contribution in [2.75, 3.05) is 0 Å². The largest absolute Gasteiger partial charge is 0.481 e. The normalized spacial score (nSPS) is 53.6. The maximum atomic E-state index is 11.4. The number of alkyl halides is 1. The topological polar surface area (TPSA) is 63.6 Å². The van der Waals surface area contributed by atoms with E-state index in [2.05, 4.69) is 15.9 Å². The smallest absolute Gasteiger partial charge is 0.310 e. The summed E-state index contributed by atoms with van der Waals surface area (Å²) in [6, 6.07) is 0. The lowest BCUT2D eigenvalue weighted by molar-refractivity contribution is -0.151. The number of fused-ring (bicyclic) bond motifs is 1. The van der Waals surface area contributed by atoms with Crippen molar-refractivity contribution in [3.63, 3.8) is 0 Å². The van der Waals surface area contributed by atoms with Crippen LogP contribution in [0.2, 0.25) is 0 Å². The molecule has 0 aromatic carbocycles. The summed E-state index contributed by atoms with van der Waals surface area (Å²) in [4.78, 5) is 22.5. The van der Waals surface area contributed by atoms with Gasteiger partial charge in [0.15, 0.2) is 0 Å². The van der Waals surface area contributed by atoms with Gasteiger partial charge in [0.05, 0.1) is 16.7 Å². The van der Waals surface area contributed by atoms with Crippen LogP contribution in [0.25, 0.3) is 0 Å². The van der Waals surface area contributed by atoms with Gasteiger partial charge in [-0.3, -0.25) is 9.59 Å². The zero-order chi connectivity index (χ0) is 10.0. The van der Waals surface area contributed by atoms with Gasteiger partial charge in [0.2, 0.25) is 0 Å². The van der Waals surface area contributed by atoms with Crippen molar-refractivity contribution in [3.05, 3.63) is 0 Å². The first-order valence-corrected chi connectivity index (χ1v) is 5.60. The lowest BCUT2D eigenvalue weighted by Crippen LogP contribution is -2.37. The maximum absolute atomic E-state index is 11.4. The average molecular weight is 261 g/mol. The third kappa shape index (κ3) is 0.798. The Morgan fingerprint density at radius 3 is 2.86 bits per heavy atom.